The number of hydrogen-bond donors (Lipinski definition) is 1. The Morgan fingerprint density at radius 2 is 1.68 bits per heavy atom. The van der Waals surface area contributed by atoms with Gasteiger partial charge in [0.2, 0.25) is 0 Å². The lowest BCUT2D eigenvalue weighted by atomic mass is 9.47. The maximum Gasteiger partial charge on any atom is 0.0543 e. The molecule has 0 saturated heterocycles. The van der Waals surface area contributed by atoms with Gasteiger partial charge in [-0.2, -0.15) is 0 Å². The Bertz CT molecular complexity index is 591. The largest absolute Gasteiger partial charge is 0.393 e. The first-order valence-corrected chi connectivity index (χ1v) is 12.6. The summed E-state index contributed by atoms with van der Waals surface area (Å²) in [5.74, 6) is 5.07. The van der Waals surface area contributed by atoms with Crippen LogP contribution in [-0.4, -0.2) is 11.2 Å². The maximum atomic E-state index is 10.2. The monoisotopic (exact) mass is 386 g/mol. The highest BCUT2D eigenvalue weighted by Gasteiger charge is 2.58. The van der Waals surface area contributed by atoms with Gasteiger partial charge < -0.3 is 5.11 Å². The minimum atomic E-state index is -0.0376. The van der Waals surface area contributed by atoms with Crippen LogP contribution in [0, 0.1) is 46.3 Å². The highest BCUT2D eigenvalue weighted by molar-refractivity contribution is 5.27. The second-order valence-corrected chi connectivity index (χ2v) is 12.2. The maximum absolute atomic E-state index is 10.2. The topological polar surface area (TPSA) is 20.2 Å². The number of allylic oxidation sites excluding steroid dienone is 2. The summed E-state index contributed by atoms with van der Waals surface area (Å²) < 4.78 is 0. The third-order valence-electron chi connectivity index (χ3n) is 10.3. The Morgan fingerprint density at radius 1 is 0.964 bits per heavy atom. The zero-order valence-corrected chi connectivity index (χ0v) is 19.3. The molecular weight excluding hydrogens is 340 g/mol. The number of rotatable bonds is 5. The van der Waals surface area contributed by atoms with Crippen molar-refractivity contribution in [2.45, 2.75) is 111 Å². The van der Waals surface area contributed by atoms with Crippen LogP contribution in [0.1, 0.15) is 105 Å². The molecule has 1 unspecified atom stereocenters. The Hall–Kier alpha value is -0.300. The number of hydrogen-bond acceptors (Lipinski definition) is 1. The number of aliphatic hydroxyl groups excluding tert-OH is 1. The van der Waals surface area contributed by atoms with Crippen LogP contribution in [0.25, 0.3) is 0 Å². The van der Waals surface area contributed by atoms with E-state index in [9.17, 15) is 5.11 Å². The Kier molecular flexibility index (Phi) is 5.80. The van der Waals surface area contributed by atoms with Gasteiger partial charge in [-0.15, -0.1) is 0 Å². The highest BCUT2D eigenvalue weighted by atomic mass is 16.3. The molecule has 160 valence electrons. The molecule has 1 N–H and O–H groups in total. The highest BCUT2D eigenvalue weighted by Crippen LogP contribution is 2.66. The zero-order chi connectivity index (χ0) is 20.1. The summed E-state index contributed by atoms with van der Waals surface area (Å²) >= 11 is 0. The van der Waals surface area contributed by atoms with Gasteiger partial charge in [-0.25, -0.2) is 0 Å². The van der Waals surface area contributed by atoms with Crippen LogP contribution in [-0.2, 0) is 0 Å². The SMILES string of the molecule is CC(C)CCC[C@@H](C)[C@H]1CC[C@H]2C3=CC[C@H]4CC(O)CC[C@]4(C)[C@H]3CC[C@]12C. The molecular formula is C27H46O. The predicted octanol–water partition coefficient (Wildman–Crippen LogP) is 7.39. The number of aliphatic hydroxyl groups is 1. The second-order valence-electron chi connectivity index (χ2n) is 12.2. The van der Waals surface area contributed by atoms with Crippen molar-refractivity contribution in [3.63, 3.8) is 0 Å². The van der Waals surface area contributed by atoms with Gasteiger partial charge in [-0.3, -0.25) is 0 Å². The predicted molar refractivity (Wildman–Crippen MR) is 119 cm³/mol. The van der Waals surface area contributed by atoms with Crippen LogP contribution < -0.4 is 0 Å². The van der Waals surface area contributed by atoms with Crippen LogP contribution in [0.3, 0.4) is 0 Å². The molecule has 1 heteroatoms. The minimum Gasteiger partial charge on any atom is -0.393 e. The first-order valence-electron chi connectivity index (χ1n) is 12.6. The first kappa shape index (κ1) is 21.0. The van der Waals surface area contributed by atoms with Gasteiger partial charge in [0.25, 0.3) is 0 Å². The Balaban J connectivity index is 1.50. The Morgan fingerprint density at radius 3 is 2.43 bits per heavy atom. The van der Waals surface area contributed by atoms with Crippen molar-refractivity contribution in [2.24, 2.45) is 46.3 Å². The van der Waals surface area contributed by atoms with E-state index in [0.717, 1.165) is 48.3 Å². The molecule has 0 radical (unpaired) electrons. The summed E-state index contributed by atoms with van der Waals surface area (Å²) in [4.78, 5) is 0. The van der Waals surface area contributed by atoms with E-state index < -0.39 is 0 Å². The average molecular weight is 387 g/mol. The lowest BCUT2D eigenvalue weighted by Crippen LogP contribution is -2.49. The van der Waals surface area contributed by atoms with Gasteiger partial charge >= 0.3 is 0 Å². The molecule has 0 aromatic carbocycles. The Labute approximate surface area is 174 Å². The van der Waals surface area contributed by atoms with E-state index in [1.807, 2.05) is 5.57 Å². The fourth-order valence-electron chi connectivity index (χ4n) is 8.51. The minimum absolute atomic E-state index is 0.0376. The van der Waals surface area contributed by atoms with Crippen molar-refractivity contribution in [3.05, 3.63) is 11.6 Å². The van der Waals surface area contributed by atoms with Crippen molar-refractivity contribution >= 4 is 0 Å². The normalized spacial score (nSPS) is 46.5. The van der Waals surface area contributed by atoms with Gasteiger partial charge in [0.15, 0.2) is 0 Å². The van der Waals surface area contributed by atoms with Gasteiger partial charge in [0, 0.05) is 0 Å². The van der Waals surface area contributed by atoms with E-state index in [2.05, 4.69) is 40.7 Å². The van der Waals surface area contributed by atoms with E-state index in [4.69, 9.17) is 0 Å². The molecule has 3 fully saturated rings. The summed E-state index contributed by atoms with van der Waals surface area (Å²) in [6.45, 7) is 12.6. The lowest BCUT2D eigenvalue weighted by Gasteiger charge is -2.57. The van der Waals surface area contributed by atoms with Crippen LogP contribution in [0.4, 0.5) is 0 Å². The summed E-state index contributed by atoms with van der Waals surface area (Å²) in [5, 5.41) is 10.2. The van der Waals surface area contributed by atoms with Gasteiger partial charge in [-0.05, 0) is 97.7 Å². The van der Waals surface area contributed by atoms with E-state index in [1.54, 1.807) is 0 Å². The molecule has 28 heavy (non-hydrogen) atoms. The van der Waals surface area contributed by atoms with E-state index >= 15 is 0 Å². The molecule has 8 atom stereocenters. The number of fused-ring (bicyclic) bond motifs is 5. The molecule has 0 amide bonds. The second kappa shape index (κ2) is 7.75. The van der Waals surface area contributed by atoms with Crippen molar-refractivity contribution in [2.75, 3.05) is 0 Å². The molecule has 0 spiro atoms. The smallest absolute Gasteiger partial charge is 0.0543 e. The van der Waals surface area contributed by atoms with E-state index in [0.29, 0.717) is 10.8 Å². The van der Waals surface area contributed by atoms with Crippen LogP contribution >= 0.6 is 0 Å². The van der Waals surface area contributed by atoms with E-state index in [-0.39, 0.29) is 6.10 Å². The summed E-state index contributed by atoms with van der Waals surface area (Å²) in [6, 6.07) is 0. The molecule has 1 nitrogen and oxygen atoms in total. The summed E-state index contributed by atoms with van der Waals surface area (Å²) in [7, 11) is 0. The molecule has 0 aromatic rings. The first-order chi connectivity index (χ1) is 13.3. The lowest BCUT2D eigenvalue weighted by molar-refractivity contribution is -0.0427. The molecule has 0 heterocycles. The van der Waals surface area contributed by atoms with Crippen LogP contribution in [0.15, 0.2) is 11.6 Å². The van der Waals surface area contributed by atoms with Crippen molar-refractivity contribution in [3.8, 4) is 0 Å². The zero-order valence-electron chi connectivity index (χ0n) is 19.3. The molecule has 4 aliphatic rings. The molecule has 3 saturated carbocycles. The van der Waals surface area contributed by atoms with Gasteiger partial charge in [0.05, 0.1) is 6.10 Å². The van der Waals surface area contributed by atoms with Crippen molar-refractivity contribution in [1.82, 2.24) is 0 Å². The van der Waals surface area contributed by atoms with Gasteiger partial charge in [0.1, 0.15) is 0 Å². The summed E-state index contributed by atoms with van der Waals surface area (Å²) in [5.41, 5.74) is 2.89. The van der Waals surface area contributed by atoms with Gasteiger partial charge in [-0.1, -0.05) is 65.5 Å². The van der Waals surface area contributed by atoms with Crippen molar-refractivity contribution in [1.29, 1.82) is 0 Å². The molecule has 4 aliphatic carbocycles. The third-order valence-corrected chi connectivity index (χ3v) is 10.3. The molecule has 4 rings (SSSR count). The quantitative estimate of drug-likeness (QED) is 0.488. The average Bonchev–Trinajstić information content (AvgIpc) is 2.99. The van der Waals surface area contributed by atoms with Crippen LogP contribution in [0.2, 0.25) is 0 Å². The third kappa shape index (κ3) is 3.42. The summed E-state index contributed by atoms with van der Waals surface area (Å²) in [6.07, 6.45) is 17.2. The fraction of sp³-hybridized carbons (Fsp3) is 0.926. The molecule has 0 aromatic heterocycles. The van der Waals surface area contributed by atoms with Crippen molar-refractivity contribution < 1.29 is 5.11 Å². The van der Waals surface area contributed by atoms with Crippen LogP contribution in [0.5, 0.6) is 0 Å². The van der Waals surface area contributed by atoms with E-state index in [1.165, 1.54) is 57.8 Å². The molecule has 0 bridgehead atoms. The molecule has 0 aliphatic heterocycles. The standard InChI is InChI=1S/C27H46O/c1-18(2)7-6-8-19(3)23-11-12-24-22-10-9-20-17-21(28)13-15-26(20,4)25(22)14-16-27(23,24)5/h10,18-21,23-25,28H,6-9,11-17H2,1-5H3/t19-,20+,21?,23-,24+,25+,26+,27-/m1/s1. The fourth-order valence-corrected chi connectivity index (χ4v) is 8.51.